The number of nitrogens with one attached hydrogen (secondary N) is 1. The van der Waals surface area contributed by atoms with Crippen molar-refractivity contribution in [2.75, 3.05) is 5.32 Å². The van der Waals surface area contributed by atoms with E-state index in [4.69, 9.17) is 4.98 Å². The first-order valence-corrected chi connectivity index (χ1v) is 8.58. The number of hydrogen-bond donors (Lipinski definition) is 1. The van der Waals surface area contributed by atoms with E-state index >= 15 is 0 Å². The van der Waals surface area contributed by atoms with Crippen LogP contribution in [0.2, 0.25) is 0 Å². The highest BCUT2D eigenvalue weighted by molar-refractivity contribution is 7.11. The smallest absolute Gasteiger partial charge is 0.223 e. The normalized spacial score (nSPS) is 16.8. The second-order valence-electron chi connectivity index (χ2n) is 5.61. The number of fused-ring (bicyclic) bond motifs is 1. The minimum atomic E-state index is 0.197. The maximum absolute atomic E-state index is 4.70. The fourth-order valence-electron chi connectivity index (χ4n) is 2.92. The molecule has 1 atom stereocenters. The number of aromatic nitrogens is 4. The highest BCUT2D eigenvalue weighted by atomic mass is 32.1. The lowest BCUT2D eigenvalue weighted by Crippen LogP contribution is -2.18. The van der Waals surface area contributed by atoms with Gasteiger partial charge in [0.15, 0.2) is 0 Å². The van der Waals surface area contributed by atoms with Crippen LogP contribution in [0.15, 0.2) is 36.7 Å². The van der Waals surface area contributed by atoms with Gasteiger partial charge in [0.05, 0.1) is 28.1 Å². The molecule has 6 heteroatoms. The van der Waals surface area contributed by atoms with Gasteiger partial charge >= 0.3 is 0 Å². The highest BCUT2D eigenvalue weighted by Crippen LogP contribution is 2.34. The van der Waals surface area contributed by atoms with E-state index in [1.54, 1.807) is 23.7 Å². The summed E-state index contributed by atoms with van der Waals surface area (Å²) in [5.41, 5.74) is 2.85. The Bertz CT molecular complexity index is 815. The van der Waals surface area contributed by atoms with Crippen LogP contribution < -0.4 is 5.32 Å². The molecule has 0 fully saturated rings. The van der Waals surface area contributed by atoms with E-state index in [9.17, 15) is 0 Å². The van der Waals surface area contributed by atoms with Crippen molar-refractivity contribution in [2.24, 2.45) is 0 Å². The van der Waals surface area contributed by atoms with Gasteiger partial charge in [-0.2, -0.15) is 0 Å². The van der Waals surface area contributed by atoms with Crippen LogP contribution in [-0.4, -0.2) is 19.9 Å². The Labute approximate surface area is 138 Å². The molecular weight excluding hydrogens is 306 g/mol. The Kier molecular flexibility index (Phi) is 3.75. The predicted octanol–water partition coefficient (Wildman–Crippen LogP) is 3.79. The number of thiazole rings is 1. The van der Waals surface area contributed by atoms with E-state index in [2.05, 4.69) is 27.2 Å². The molecule has 0 bridgehead atoms. The van der Waals surface area contributed by atoms with Gasteiger partial charge in [-0.3, -0.25) is 4.98 Å². The maximum Gasteiger partial charge on any atom is 0.223 e. The van der Waals surface area contributed by atoms with E-state index < -0.39 is 0 Å². The summed E-state index contributed by atoms with van der Waals surface area (Å²) in [5, 5.41) is 4.59. The zero-order chi connectivity index (χ0) is 15.6. The van der Waals surface area contributed by atoms with Gasteiger partial charge in [-0.25, -0.2) is 15.0 Å². The zero-order valence-corrected chi connectivity index (χ0v) is 13.7. The van der Waals surface area contributed by atoms with Crippen molar-refractivity contribution < 1.29 is 0 Å². The van der Waals surface area contributed by atoms with Gasteiger partial charge in [-0.1, -0.05) is 6.07 Å². The molecule has 3 heterocycles. The van der Waals surface area contributed by atoms with Gasteiger partial charge in [-0.05, 0) is 44.4 Å². The molecule has 23 heavy (non-hydrogen) atoms. The van der Waals surface area contributed by atoms with Crippen LogP contribution in [0.4, 0.5) is 5.95 Å². The van der Waals surface area contributed by atoms with Crippen LogP contribution in [0.5, 0.6) is 0 Å². The van der Waals surface area contributed by atoms with E-state index in [1.807, 2.05) is 24.3 Å². The largest absolute Gasteiger partial charge is 0.346 e. The van der Waals surface area contributed by atoms with Crippen LogP contribution in [-0.2, 0) is 6.42 Å². The van der Waals surface area contributed by atoms with Crippen LogP contribution in [0, 0.1) is 6.92 Å². The van der Waals surface area contributed by atoms with Gasteiger partial charge in [0.1, 0.15) is 0 Å². The van der Waals surface area contributed by atoms with Crippen LogP contribution in [0.1, 0.15) is 34.5 Å². The van der Waals surface area contributed by atoms with Crippen LogP contribution >= 0.6 is 11.3 Å². The third kappa shape index (κ3) is 2.94. The van der Waals surface area contributed by atoms with Gasteiger partial charge in [-0.15, -0.1) is 11.3 Å². The molecule has 3 aromatic rings. The number of rotatable bonds is 3. The summed E-state index contributed by atoms with van der Waals surface area (Å²) in [7, 11) is 0. The van der Waals surface area contributed by atoms with Crippen LogP contribution in [0.3, 0.4) is 0 Å². The summed E-state index contributed by atoms with van der Waals surface area (Å²) < 4.78 is 0. The number of anilines is 1. The number of nitrogens with zero attached hydrogens (tertiary/aromatic N) is 4. The zero-order valence-electron chi connectivity index (χ0n) is 12.9. The molecule has 1 aliphatic carbocycles. The fraction of sp³-hybridized carbons (Fsp3) is 0.294. The SMILES string of the molecule is Cc1nc2c(s1)CCC[C@@H]2Nc1nccc(-c2ccccn2)n1. The molecule has 0 unspecified atom stereocenters. The predicted molar refractivity (Wildman–Crippen MR) is 91.4 cm³/mol. The Morgan fingerprint density at radius 1 is 1.09 bits per heavy atom. The van der Waals surface area contributed by atoms with Crippen molar-refractivity contribution in [2.45, 2.75) is 32.2 Å². The molecule has 0 amide bonds. The molecule has 1 N–H and O–H groups in total. The molecule has 0 spiro atoms. The van der Waals surface area contributed by atoms with E-state index in [0.29, 0.717) is 5.95 Å². The molecule has 0 aliphatic heterocycles. The average Bonchev–Trinajstić information content (AvgIpc) is 2.97. The standard InChI is InChI=1S/C17H17N5S/c1-11-20-16-14(6-4-7-15(16)23-11)22-17-19-10-8-13(21-17)12-5-2-3-9-18-12/h2-3,5,8-10,14H,4,6-7H2,1H3,(H,19,21,22)/t14-/m0/s1. The van der Waals surface area contributed by atoms with E-state index in [-0.39, 0.29) is 6.04 Å². The van der Waals surface area contributed by atoms with Crippen molar-refractivity contribution >= 4 is 17.3 Å². The summed E-state index contributed by atoms with van der Waals surface area (Å²) in [5.74, 6) is 0.636. The molecule has 116 valence electrons. The molecule has 0 aromatic carbocycles. The quantitative estimate of drug-likeness (QED) is 0.794. The molecule has 0 radical (unpaired) electrons. The van der Waals surface area contributed by atoms with Gasteiger partial charge < -0.3 is 5.32 Å². The van der Waals surface area contributed by atoms with Crippen molar-refractivity contribution in [3.63, 3.8) is 0 Å². The average molecular weight is 323 g/mol. The second-order valence-corrected chi connectivity index (χ2v) is 6.90. The first kappa shape index (κ1) is 14.3. The lowest BCUT2D eigenvalue weighted by molar-refractivity contribution is 0.589. The van der Waals surface area contributed by atoms with Crippen molar-refractivity contribution in [1.82, 2.24) is 19.9 Å². The minimum Gasteiger partial charge on any atom is -0.346 e. The van der Waals surface area contributed by atoms with Crippen LogP contribution in [0.25, 0.3) is 11.4 Å². The number of pyridine rings is 1. The van der Waals surface area contributed by atoms with E-state index in [1.165, 1.54) is 17.0 Å². The number of aryl methyl sites for hydroxylation is 2. The molecule has 5 nitrogen and oxygen atoms in total. The molecule has 0 saturated heterocycles. The Hall–Kier alpha value is -2.34. The van der Waals surface area contributed by atoms with Gasteiger partial charge in [0, 0.05) is 17.3 Å². The van der Waals surface area contributed by atoms with Crippen molar-refractivity contribution in [1.29, 1.82) is 0 Å². The summed E-state index contributed by atoms with van der Waals surface area (Å²) in [6.07, 6.45) is 6.92. The maximum atomic E-state index is 4.70. The Balaban J connectivity index is 1.61. The molecule has 0 saturated carbocycles. The monoisotopic (exact) mass is 323 g/mol. The Morgan fingerprint density at radius 3 is 2.91 bits per heavy atom. The van der Waals surface area contributed by atoms with Crippen molar-refractivity contribution in [3.05, 3.63) is 52.2 Å². The number of hydrogen-bond acceptors (Lipinski definition) is 6. The summed E-state index contributed by atoms with van der Waals surface area (Å²) in [6, 6.07) is 7.89. The molecule has 1 aliphatic rings. The van der Waals surface area contributed by atoms with Gasteiger partial charge in [0.2, 0.25) is 5.95 Å². The Morgan fingerprint density at radius 2 is 2.04 bits per heavy atom. The third-order valence-corrected chi connectivity index (χ3v) is 4.99. The van der Waals surface area contributed by atoms with Gasteiger partial charge in [0.25, 0.3) is 0 Å². The van der Waals surface area contributed by atoms with Crippen molar-refractivity contribution in [3.8, 4) is 11.4 Å². The topological polar surface area (TPSA) is 63.6 Å². The minimum absolute atomic E-state index is 0.197. The van der Waals surface area contributed by atoms with E-state index in [0.717, 1.165) is 29.2 Å². The second kappa shape index (κ2) is 6.04. The lowest BCUT2D eigenvalue weighted by atomic mass is 9.98. The lowest BCUT2D eigenvalue weighted by Gasteiger charge is -2.22. The molecule has 3 aromatic heterocycles. The first-order valence-electron chi connectivity index (χ1n) is 7.77. The third-order valence-electron chi connectivity index (χ3n) is 3.95. The molecular formula is C17H17N5S. The summed E-state index contributed by atoms with van der Waals surface area (Å²) in [6.45, 7) is 2.07. The highest BCUT2D eigenvalue weighted by Gasteiger charge is 2.24. The summed E-state index contributed by atoms with van der Waals surface area (Å²) in [4.78, 5) is 19.4. The molecule has 4 rings (SSSR count). The first-order chi connectivity index (χ1) is 11.3. The fourth-order valence-corrected chi connectivity index (χ4v) is 3.96. The summed E-state index contributed by atoms with van der Waals surface area (Å²) >= 11 is 1.80.